The van der Waals surface area contributed by atoms with Gasteiger partial charge in [0.15, 0.2) is 0 Å². The van der Waals surface area contributed by atoms with Crippen molar-refractivity contribution in [2.24, 2.45) is 0 Å². The molecule has 0 radical (unpaired) electrons. The van der Waals surface area contributed by atoms with Gasteiger partial charge in [-0.1, -0.05) is 59.6 Å². The van der Waals surface area contributed by atoms with Crippen molar-refractivity contribution >= 4 is 23.2 Å². The number of nitrogens with zero attached hydrogens (tertiary/aromatic N) is 2. The molecule has 0 bridgehead atoms. The van der Waals surface area contributed by atoms with Crippen LogP contribution in [0.1, 0.15) is 28.1 Å². The van der Waals surface area contributed by atoms with Gasteiger partial charge in [-0.25, -0.2) is 0 Å². The summed E-state index contributed by atoms with van der Waals surface area (Å²) in [5.74, 6) is 0. The lowest BCUT2D eigenvalue weighted by atomic mass is 9.93. The SMILES string of the molecule is Cc1nc2c(c(-c3ccc(Cl)cc3Cl)c1CO)CN(Cc1ccccc1)C2. The Morgan fingerprint density at radius 3 is 2.56 bits per heavy atom. The van der Waals surface area contributed by atoms with Gasteiger partial charge in [0.05, 0.1) is 12.3 Å². The van der Waals surface area contributed by atoms with E-state index in [1.807, 2.05) is 25.1 Å². The number of halogens is 2. The molecular weight excluding hydrogens is 379 g/mol. The van der Waals surface area contributed by atoms with E-state index >= 15 is 0 Å². The standard InChI is InChI=1S/C22H20Cl2N2O/c1-14-19(13-27)22(17-8-7-16(23)9-20(17)24)18-11-26(12-21(18)25-14)10-15-5-3-2-4-6-15/h2-9,27H,10-13H2,1H3. The Morgan fingerprint density at radius 2 is 1.85 bits per heavy atom. The summed E-state index contributed by atoms with van der Waals surface area (Å²) < 4.78 is 0. The second-order valence-electron chi connectivity index (χ2n) is 6.89. The predicted octanol–water partition coefficient (Wildman–Crippen LogP) is 5.37. The number of rotatable bonds is 4. The van der Waals surface area contributed by atoms with E-state index in [1.54, 1.807) is 6.07 Å². The molecule has 0 amide bonds. The van der Waals surface area contributed by atoms with Gasteiger partial charge in [-0.05, 0) is 35.7 Å². The van der Waals surface area contributed by atoms with Gasteiger partial charge in [0.25, 0.3) is 0 Å². The maximum Gasteiger partial charge on any atom is 0.0705 e. The van der Waals surface area contributed by atoms with Crippen molar-refractivity contribution in [1.29, 1.82) is 0 Å². The van der Waals surface area contributed by atoms with Crippen molar-refractivity contribution in [2.75, 3.05) is 0 Å². The molecular formula is C22H20Cl2N2O. The van der Waals surface area contributed by atoms with Gasteiger partial charge in [0.1, 0.15) is 0 Å². The summed E-state index contributed by atoms with van der Waals surface area (Å²) in [4.78, 5) is 7.14. The van der Waals surface area contributed by atoms with Crippen LogP contribution in [0, 0.1) is 6.92 Å². The normalized spacial score (nSPS) is 13.8. The summed E-state index contributed by atoms with van der Waals surface area (Å²) in [5.41, 5.74) is 7.05. The first kappa shape index (κ1) is 18.5. The summed E-state index contributed by atoms with van der Waals surface area (Å²) in [7, 11) is 0. The highest BCUT2D eigenvalue weighted by molar-refractivity contribution is 6.36. The van der Waals surface area contributed by atoms with Crippen molar-refractivity contribution in [3.05, 3.63) is 86.7 Å². The Hall–Kier alpha value is -1.91. The van der Waals surface area contributed by atoms with Gasteiger partial charge in [-0.15, -0.1) is 0 Å². The molecule has 0 atom stereocenters. The second-order valence-corrected chi connectivity index (χ2v) is 7.73. The maximum absolute atomic E-state index is 10.0. The van der Waals surface area contributed by atoms with E-state index in [1.165, 1.54) is 5.56 Å². The Kier molecular flexibility index (Phi) is 5.20. The molecule has 5 heteroatoms. The van der Waals surface area contributed by atoms with Crippen LogP contribution in [0.2, 0.25) is 10.0 Å². The largest absolute Gasteiger partial charge is 0.392 e. The van der Waals surface area contributed by atoms with Gasteiger partial charge >= 0.3 is 0 Å². The summed E-state index contributed by atoms with van der Waals surface area (Å²) in [5, 5.41) is 11.2. The Bertz CT molecular complexity index is 989. The van der Waals surface area contributed by atoms with Crippen molar-refractivity contribution in [1.82, 2.24) is 9.88 Å². The maximum atomic E-state index is 10.0. The van der Waals surface area contributed by atoms with E-state index < -0.39 is 0 Å². The van der Waals surface area contributed by atoms with E-state index in [2.05, 4.69) is 29.2 Å². The van der Waals surface area contributed by atoms with Crippen LogP contribution in [0.15, 0.2) is 48.5 Å². The summed E-state index contributed by atoms with van der Waals surface area (Å²) >= 11 is 12.6. The molecule has 2 aromatic carbocycles. The van der Waals surface area contributed by atoms with Crippen LogP contribution in [0.5, 0.6) is 0 Å². The fourth-order valence-electron chi connectivity index (χ4n) is 3.80. The minimum absolute atomic E-state index is 0.0703. The van der Waals surface area contributed by atoms with Gasteiger partial charge in [0, 0.05) is 46.5 Å². The molecule has 0 aliphatic carbocycles. The average molecular weight is 399 g/mol. The van der Waals surface area contributed by atoms with Crippen molar-refractivity contribution < 1.29 is 5.11 Å². The molecule has 1 aliphatic heterocycles. The molecule has 2 heterocycles. The quantitative estimate of drug-likeness (QED) is 0.641. The monoisotopic (exact) mass is 398 g/mol. The molecule has 0 spiro atoms. The molecule has 3 nitrogen and oxygen atoms in total. The number of benzene rings is 2. The summed E-state index contributed by atoms with van der Waals surface area (Å²) in [6.45, 7) is 4.30. The molecule has 1 aliphatic rings. The number of aliphatic hydroxyl groups excluding tert-OH is 1. The van der Waals surface area contributed by atoms with Gasteiger partial charge in [-0.3, -0.25) is 9.88 Å². The number of aliphatic hydroxyl groups is 1. The van der Waals surface area contributed by atoms with E-state index in [0.29, 0.717) is 10.0 Å². The number of fused-ring (bicyclic) bond motifs is 1. The molecule has 3 aromatic rings. The lowest BCUT2D eigenvalue weighted by Crippen LogP contribution is -2.15. The molecule has 0 saturated heterocycles. The van der Waals surface area contributed by atoms with Crippen LogP contribution in [0.3, 0.4) is 0 Å². The average Bonchev–Trinajstić information content (AvgIpc) is 3.03. The Morgan fingerprint density at radius 1 is 1.07 bits per heavy atom. The fourth-order valence-corrected chi connectivity index (χ4v) is 4.30. The highest BCUT2D eigenvalue weighted by Gasteiger charge is 2.27. The molecule has 0 saturated carbocycles. The first-order chi connectivity index (χ1) is 13.1. The molecule has 4 rings (SSSR count). The predicted molar refractivity (Wildman–Crippen MR) is 110 cm³/mol. The third-order valence-corrected chi connectivity index (χ3v) is 5.60. The minimum Gasteiger partial charge on any atom is -0.392 e. The van der Waals surface area contributed by atoms with Crippen LogP contribution >= 0.6 is 23.2 Å². The van der Waals surface area contributed by atoms with Crippen molar-refractivity contribution in [3.8, 4) is 11.1 Å². The highest BCUT2D eigenvalue weighted by atomic mass is 35.5. The molecule has 138 valence electrons. The molecule has 27 heavy (non-hydrogen) atoms. The molecule has 0 unspecified atom stereocenters. The Labute approximate surface area is 169 Å². The van der Waals surface area contributed by atoms with Crippen LogP contribution in [0.25, 0.3) is 11.1 Å². The fraction of sp³-hybridized carbons (Fsp3) is 0.227. The van der Waals surface area contributed by atoms with E-state index in [4.69, 9.17) is 28.2 Å². The number of aryl methyl sites for hydroxylation is 1. The third kappa shape index (κ3) is 3.61. The highest BCUT2D eigenvalue weighted by Crippen LogP contribution is 2.40. The van der Waals surface area contributed by atoms with Crippen LogP contribution < -0.4 is 0 Å². The summed E-state index contributed by atoms with van der Waals surface area (Å²) in [6, 6.07) is 15.9. The van der Waals surface area contributed by atoms with Crippen LogP contribution in [-0.2, 0) is 26.2 Å². The van der Waals surface area contributed by atoms with E-state index in [9.17, 15) is 5.11 Å². The first-order valence-corrected chi connectivity index (χ1v) is 9.66. The van der Waals surface area contributed by atoms with E-state index in [0.717, 1.165) is 53.3 Å². The van der Waals surface area contributed by atoms with Crippen molar-refractivity contribution in [3.63, 3.8) is 0 Å². The zero-order chi connectivity index (χ0) is 19.0. The number of pyridine rings is 1. The smallest absolute Gasteiger partial charge is 0.0705 e. The van der Waals surface area contributed by atoms with Crippen LogP contribution in [0.4, 0.5) is 0 Å². The molecule has 1 N–H and O–H groups in total. The van der Waals surface area contributed by atoms with Crippen molar-refractivity contribution in [2.45, 2.75) is 33.2 Å². The third-order valence-electron chi connectivity index (χ3n) is 5.05. The second kappa shape index (κ2) is 7.61. The molecule has 1 aromatic heterocycles. The Balaban J connectivity index is 1.77. The summed E-state index contributed by atoms with van der Waals surface area (Å²) in [6.07, 6.45) is 0. The number of hydrogen-bond acceptors (Lipinski definition) is 3. The van der Waals surface area contributed by atoms with Gasteiger partial charge in [0.2, 0.25) is 0 Å². The molecule has 0 fully saturated rings. The van der Waals surface area contributed by atoms with Gasteiger partial charge in [-0.2, -0.15) is 0 Å². The lowest BCUT2D eigenvalue weighted by molar-refractivity contribution is 0.274. The first-order valence-electron chi connectivity index (χ1n) is 8.90. The van der Waals surface area contributed by atoms with Gasteiger partial charge < -0.3 is 5.11 Å². The topological polar surface area (TPSA) is 36.4 Å². The number of aromatic nitrogens is 1. The van der Waals surface area contributed by atoms with Crippen LogP contribution in [-0.4, -0.2) is 15.0 Å². The minimum atomic E-state index is -0.0703. The zero-order valence-electron chi connectivity index (χ0n) is 15.0. The lowest BCUT2D eigenvalue weighted by Gasteiger charge is -2.17. The van der Waals surface area contributed by atoms with E-state index in [-0.39, 0.29) is 6.61 Å². The zero-order valence-corrected chi connectivity index (χ0v) is 16.6. The number of hydrogen-bond donors (Lipinski definition) is 1.